The number of rotatable bonds is 5. The molecule has 8 heteroatoms. The fraction of sp³-hybridized carbons (Fsp3) is 0.250. The van der Waals surface area contributed by atoms with Crippen LogP contribution in [0.5, 0.6) is 6.01 Å². The molecule has 0 radical (unpaired) electrons. The van der Waals surface area contributed by atoms with Crippen LogP contribution >= 0.6 is 15.9 Å². The molecule has 7 nitrogen and oxygen atoms in total. The highest BCUT2D eigenvalue weighted by molar-refractivity contribution is 9.10. The highest BCUT2D eigenvalue weighted by Crippen LogP contribution is 2.20. The zero-order valence-electron chi connectivity index (χ0n) is 11.1. The van der Waals surface area contributed by atoms with E-state index in [9.17, 15) is 0 Å². The summed E-state index contributed by atoms with van der Waals surface area (Å²) in [5.41, 5.74) is 3.22. The second-order valence-electron chi connectivity index (χ2n) is 4.21. The molecule has 1 aromatic heterocycles. The van der Waals surface area contributed by atoms with Gasteiger partial charge in [0.2, 0.25) is 11.9 Å². The summed E-state index contributed by atoms with van der Waals surface area (Å²) in [6.45, 7) is 3.78. The van der Waals surface area contributed by atoms with Gasteiger partial charge in [-0.15, -0.1) is 0 Å². The molecule has 4 N–H and O–H groups in total. The van der Waals surface area contributed by atoms with Crippen molar-refractivity contribution in [2.75, 3.05) is 10.7 Å². The number of halogens is 1. The fourth-order valence-corrected chi connectivity index (χ4v) is 1.84. The van der Waals surface area contributed by atoms with Crippen molar-refractivity contribution >= 4 is 33.5 Å². The number of hydrogen-bond donors (Lipinski definition) is 3. The lowest BCUT2D eigenvalue weighted by atomic mass is 10.3. The third-order valence-corrected chi connectivity index (χ3v) is 2.66. The van der Waals surface area contributed by atoms with Gasteiger partial charge in [-0.05, 0) is 32.0 Å². The van der Waals surface area contributed by atoms with Crippen molar-refractivity contribution in [3.05, 3.63) is 28.7 Å². The van der Waals surface area contributed by atoms with E-state index >= 15 is 0 Å². The first-order valence-electron chi connectivity index (χ1n) is 5.99. The number of nitrogens with one attached hydrogen (secondary N) is 2. The summed E-state index contributed by atoms with van der Waals surface area (Å²) in [6.07, 6.45) is -0.0401. The van der Waals surface area contributed by atoms with Gasteiger partial charge >= 0.3 is 6.01 Å². The number of nitrogens with zero attached hydrogens (tertiary/aromatic N) is 3. The van der Waals surface area contributed by atoms with Crippen LogP contribution in [0.4, 0.5) is 17.6 Å². The monoisotopic (exact) mass is 338 g/mol. The summed E-state index contributed by atoms with van der Waals surface area (Å²) in [5.74, 6) is 5.92. The van der Waals surface area contributed by atoms with Gasteiger partial charge in [0.15, 0.2) is 0 Å². The molecule has 1 aromatic carbocycles. The predicted octanol–water partition coefficient (Wildman–Crippen LogP) is 2.45. The molecular weight excluding hydrogens is 324 g/mol. The number of hydrazine groups is 1. The van der Waals surface area contributed by atoms with E-state index in [2.05, 4.69) is 41.6 Å². The van der Waals surface area contributed by atoms with Gasteiger partial charge in [0.1, 0.15) is 0 Å². The first-order valence-corrected chi connectivity index (χ1v) is 6.78. The summed E-state index contributed by atoms with van der Waals surface area (Å²) < 4.78 is 6.40. The summed E-state index contributed by atoms with van der Waals surface area (Å²) in [5, 5.41) is 3.07. The summed E-state index contributed by atoms with van der Waals surface area (Å²) in [4.78, 5) is 12.3. The molecule has 0 aliphatic heterocycles. The largest absolute Gasteiger partial charge is 0.461 e. The molecular formula is C12H15BrN6O. The fourth-order valence-electron chi connectivity index (χ4n) is 1.44. The van der Waals surface area contributed by atoms with Crippen molar-refractivity contribution in [2.45, 2.75) is 20.0 Å². The molecule has 1 heterocycles. The Morgan fingerprint density at radius 2 is 1.95 bits per heavy atom. The normalized spacial score (nSPS) is 10.4. The van der Waals surface area contributed by atoms with Crippen molar-refractivity contribution < 1.29 is 4.74 Å². The van der Waals surface area contributed by atoms with E-state index in [0.717, 1.165) is 10.2 Å². The van der Waals surface area contributed by atoms with Gasteiger partial charge in [0.25, 0.3) is 0 Å². The van der Waals surface area contributed by atoms with E-state index in [1.54, 1.807) is 0 Å². The summed E-state index contributed by atoms with van der Waals surface area (Å²) in [7, 11) is 0. The van der Waals surface area contributed by atoms with Crippen LogP contribution in [-0.4, -0.2) is 21.1 Å². The average Bonchev–Trinajstić information content (AvgIpc) is 2.37. The Bertz CT molecular complexity index is 592. The number of nitrogen functional groups attached to an aromatic ring is 1. The lowest BCUT2D eigenvalue weighted by molar-refractivity contribution is 0.222. The zero-order chi connectivity index (χ0) is 14.5. The van der Waals surface area contributed by atoms with Crippen molar-refractivity contribution in [1.29, 1.82) is 0 Å². The van der Waals surface area contributed by atoms with Gasteiger partial charge in [-0.25, -0.2) is 5.84 Å². The number of benzene rings is 1. The molecule has 106 valence electrons. The Labute approximate surface area is 125 Å². The zero-order valence-corrected chi connectivity index (χ0v) is 12.7. The molecule has 20 heavy (non-hydrogen) atoms. The van der Waals surface area contributed by atoms with Crippen LogP contribution in [0.15, 0.2) is 28.7 Å². The smallest absolute Gasteiger partial charge is 0.323 e. The van der Waals surface area contributed by atoms with Crippen molar-refractivity contribution in [3.8, 4) is 6.01 Å². The van der Waals surface area contributed by atoms with E-state index in [4.69, 9.17) is 10.6 Å². The summed E-state index contributed by atoms with van der Waals surface area (Å²) >= 11 is 3.40. The van der Waals surface area contributed by atoms with E-state index < -0.39 is 0 Å². The molecule has 0 unspecified atom stereocenters. The Morgan fingerprint density at radius 1 is 1.20 bits per heavy atom. The van der Waals surface area contributed by atoms with Crippen molar-refractivity contribution in [3.63, 3.8) is 0 Å². The van der Waals surface area contributed by atoms with Gasteiger partial charge in [0, 0.05) is 10.2 Å². The molecule has 0 bridgehead atoms. The van der Waals surface area contributed by atoms with E-state index in [0.29, 0.717) is 5.95 Å². The molecule has 0 aliphatic carbocycles. The van der Waals surface area contributed by atoms with Crippen LogP contribution in [-0.2, 0) is 0 Å². The summed E-state index contributed by atoms with van der Waals surface area (Å²) in [6, 6.07) is 7.84. The quantitative estimate of drug-likeness (QED) is 0.568. The maximum Gasteiger partial charge on any atom is 0.323 e. The topological polar surface area (TPSA) is 98.0 Å². The van der Waals surface area contributed by atoms with Crippen LogP contribution in [0.25, 0.3) is 0 Å². The maximum absolute atomic E-state index is 5.45. The minimum absolute atomic E-state index is 0.0401. The highest BCUT2D eigenvalue weighted by Gasteiger charge is 2.08. The molecule has 0 amide bonds. The van der Waals surface area contributed by atoms with E-state index in [-0.39, 0.29) is 18.1 Å². The molecule has 2 rings (SSSR count). The highest BCUT2D eigenvalue weighted by atomic mass is 79.9. The minimum atomic E-state index is -0.0401. The van der Waals surface area contributed by atoms with Crippen LogP contribution in [0.2, 0.25) is 0 Å². The number of anilines is 3. The van der Waals surface area contributed by atoms with Gasteiger partial charge in [-0.2, -0.15) is 15.0 Å². The second-order valence-corrected chi connectivity index (χ2v) is 5.13. The maximum atomic E-state index is 5.45. The lowest BCUT2D eigenvalue weighted by Gasteiger charge is -2.11. The second kappa shape index (κ2) is 6.49. The van der Waals surface area contributed by atoms with Crippen LogP contribution in [0.3, 0.4) is 0 Å². The Hall–Kier alpha value is -1.93. The molecule has 0 fully saturated rings. The van der Waals surface area contributed by atoms with Crippen LogP contribution in [0.1, 0.15) is 13.8 Å². The minimum Gasteiger partial charge on any atom is -0.461 e. The first kappa shape index (κ1) is 14.5. The van der Waals surface area contributed by atoms with E-state index in [1.165, 1.54) is 0 Å². The average molecular weight is 339 g/mol. The Kier molecular flexibility index (Phi) is 4.70. The first-order chi connectivity index (χ1) is 9.56. The third-order valence-electron chi connectivity index (χ3n) is 2.17. The number of aromatic nitrogens is 3. The van der Waals surface area contributed by atoms with E-state index in [1.807, 2.05) is 38.1 Å². The van der Waals surface area contributed by atoms with Crippen molar-refractivity contribution in [2.24, 2.45) is 5.84 Å². The van der Waals surface area contributed by atoms with Crippen LogP contribution in [0, 0.1) is 0 Å². The Morgan fingerprint density at radius 3 is 2.60 bits per heavy atom. The lowest BCUT2D eigenvalue weighted by Crippen LogP contribution is -2.15. The molecule has 0 spiro atoms. The van der Waals surface area contributed by atoms with Gasteiger partial charge < -0.3 is 10.1 Å². The van der Waals surface area contributed by atoms with Crippen LogP contribution < -0.4 is 21.3 Å². The Balaban J connectivity index is 2.26. The number of ether oxygens (including phenoxy) is 1. The number of nitrogens with two attached hydrogens (primary N) is 1. The molecule has 2 aromatic rings. The molecule has 0 saturated carbocycles. The third kappa shape index (κ3) is 4.04. The van der Waals surface area contributed by atoms with Crippen molar-refractivity contribution in [1.82, 2.24) is 15.0 Å². The van der Waals surface area contributed by atoms with Gasteiger partial charge in [-0.3, -0.25) is 5.43 Å². The number of hydrogen-bond acceptors (Lipinski definition) is 7. The van der Waals surface area contributed by atoms with Gasteiger partial charge in [0.05, 0.1) is 6.10 Å². The van der Waals surface area contributed by atoms with Gasteiger partial charge in [-0.1, -0.05) is 22.0 Å². The SMILES string of the molecule is CC(C)Oc1nc(NN)nc(Nc2cccc(Br)c2)n1. The predicted molar refractivity (Wildman–Crippen MR) is 80.8 cm³/mol. The standard InChI is InChI=1S/C12H15BrN6O/c1-7(2)20-12-17-10(16-11(18-12)19-14)15-9-5-3-4-8(13)6-9/h3-7H,14H2,1-2H3,(H2,15,16,17,18,19). The molecule has 0 saturated heterocycles. The molecule has 0 atom stereocenters. The molecule has 0 aliphatic rings.